The molecule has 3 heteroatoms. The summed E-state index contributed by atoms with van der Waals surface area (Å²) < 4.78 is 0. The van der Waals surface area contributed by atoms with Gasteiger partial charge in [0.05, 0.1) is 0 Å². The van der Waals surface area contributed by atoms with Gasteiger partial charge in [0.1, 0.15) is 0 Å². The highest BCUT2D eigenvalue weighted by Crippen LogP contribution is 2.15. The second-order valence-electron chi connectivity index (χ2n) is 4.85. The van der Waals surface area contributed by atoms with Crippen molar-refractivity contribution in [3.05, 3.63) is 59.1 Å². The van der Waals surface area contributed by atoms with E-state index >= 15 is 0 Å². The molecule has 0 heterocycles. The predicted molar refractivity (Wildman–Crippen MR) is 89.0 cm³/mol. The molecule has 0 bridgehead atoms. The van der Waals surface area contributed by atoms with Crippen LogP contribution in [0.4, 0.5) is 11.4 Å². The van der Waals surface area contributed by atoms with Crippen molar-refractivity contribution in [2.24, 2.45) is 0 Å². The minimum Gasteiger partial charge on any atom is -0.383 e. The van der Waals surface area contributed by atoms with E-state index in [1.807, 2.05) is 24.3 Å². The van der Waals surface area contributed by atoms with Crippen molar-refractivity contribution in [1.82, 2.24) is 0 Å². The Kier molecular flexibility index (Phi) is 5.31. The molecule has 2 nitrogen and oxygen atoms in total. The highest BCUT2D eigenvalue weighted by atomic mass is 35.5. The first kappa shape index (κ1) is 14.7. The van der Waals surface area contributed by atoms with Crippen LogP contribution in [-0.4, -0.2) is 19.6 Å². The van der Waals surface area contributed by atoms with Gasteiger partial charge in [-0.25, -0.2) is 0 Å². The number of hydrogen-bond acceptors (Lipinski definition) is 2. The number of anilines is 2. The molecule has 0 aromatic heterocycles. The molecule has 0 unspecified atom stereocenters. The molecule has 20 heavy (non-hydrogen) atoms. The van der Waals surface area contributed by atoms with Crippen LogP contribution in [0.2, 0.25) is 5.02 Å². The third kappa shape index (κ3) is 4.17. The van der Waals surface area contributed by atoms with Crippen LogP contribution in [-0.2, 0) is 0 Å². The lowest BCUT2D eigenvalue weighted by Gasteiger charge is -2.23. The Morgan fingerprint density at radius 1 is 1.00 bits per heavy atom. The van der Waals surface area contributed by atoms with E-state index in [1.54, 1.807) is 0 Å². The molecule has 2 aromatic carbocycles. The molecule has 0 radical (unpaired) electrons. The second kappa shape index (κ2) is 7.20. The van der Waals surface area contributed by atoms with Crippen LogP contribution in [0.1, 0.15) is 12.5 Å². The Morgan fingerprint density at radius 2 is 1.65 bits per heavy atom. The van der Waals surface area contributed by atoms with Crippen molar-refractivity contribution in [3.8, 4) is 0 Å². The molecule has 0 aliphatic rings. The van der Waals surface area contributed by atoms with Crippen molar-refractivity contribution in [3.63, 3.8) is 0 Å². The molecule has 0 spiro atoms. The summed E-state index contributed by atoms with van der Waals surface area (Å²) in [7, 11) is 0. The topological polar surface area (TPSA) is 15.3 Å². The lowest BCUT2D eigenvalue weighted by molar-refractivity contribution is 0.835. The zero-order valence-electron chi connectivity index (χ0n) is 12.1. The number of nitrogens with one attached hydrogen (secondary N) is 1. The maximum Gasteiger partial charge on any atom is 0.0407 e. The van der Waals surface area contributed by atoms with Crippen molar-refractivity contribution >= 4 is 23.0 Å². The van der Waals surface area contributed by atoms with Gasteiger partial charge in [-0.2, -0.15) is 0 Å². The molecule has 106 valence electrons. The Labute approximate surface area is 126 Å². The van der Waals surface area contributed by atoms with Crippen LogP contribution >= 0.6 is 11.6 Å². The van der Waals surface area contributed by atoms with Gasteiger partial charge in [0.2, 0.25) is 0 Å². The monoisotopic (exact) mass is 288 g/mol. The van der Waals surface area contributed by atoms with E-state index in [0.29, 0.717) is 0 Å². The van der Waals surface area contributed by atoms with Gasteiger partial charge in [0, 0.05) is 36.0 Å². The summed E-state index contributed by atoms with van der Waals surface area (Å²) >= 11 is 5.88. The quantitative estimate of drug-likeness (QED) is 0.836. The first-order valence-corrected chi connectivity index (χ1v) is 7.38. The van der Waals surface area contributed by atoms with E-state index in [9.17, 15) is 0 Å². The summed E-state index contributed by atoms with van der Waals surface area (Å²) in [4.78, 5) is 2.36. The molecule has 0 aliphatic carbocycles. The van der Waals surface area contributed by atoms with E-state index in [-0.39, 0.29) is 0 Å². The third-order valence-electron chi connectivity index (χ3n) is 3.34. The number of halogens is 1. The van der Waals surface area contributed by atoms with Crippen LogP contribution in [0.3, 0.4) is 0 Å². The van der Waals surface area contributed by atoms with Crippen LogP contribution < -0.4 is 10.2 Å². The number of rotatable bonds is 6. The molecular weight excluding hydrogens is 268 g/mol. The number of nitrogens with zero attached hydrogens (tertiary/aromatic N) is 1. The predicted octanol–water partition coefficient (Wildman–Crippen LogP) is 4.59. The molecule has 0 saturated carbocycles. The summed E-state index contributed by atoms with van der Waals surface area (Å²) in [5, 5.41) is 4.19. The number of hydrogen-bond donors (Lipinski definition) is 1. The lowest BCUT2D eigenvalue weighted by atomic mass is 10.2. The maximum absolute atomic E-state index is 5.88. The van der Waals surface area contributed by atoms with Crippen LogP contribution in [0.15, 0.2) is 48.5 Å². The molecule has 0 amide bonds. The fourth-order valence-electron chi connectivity index (χ4n) is 2.13. The summed E-state index contributed by atoms with van der Waals surface area (Å²) in [5.74, 6) is 0. The number of likely N-dealkylation sites (N-methyl/N-ethyl adjacent to an activating group) is 1. The lowest BCUT2D eigenvalue weighted by Crippen LogP contribution is -2.28. The van der Waals surface area contributed by atoms with Crippen molar-refractivity contribution < 1.29 is 0 Å². The molecule has 0 fully saturated rings. The highest BCUT2D eigenvalue weighted by Gasteiger charge is 2.03. The van der Waals surface area contributed by atoms with E-state index in [4.69, 9.17) is 11.6 Å². The smallest absolute Gasteiger partial charge is 0.0407 e. The van der Waals surface area contributed by atoms with Gasteiger partial charge in [-0.15, -0.1) is 0 Å². The van der Waals surface area contributed by atoms with Gasteiger partial charge in [0.15, 0.2) is 0 Å². The molecule has 1 N–H and O–H groups in total. The minimum absolute atomic E-state index is 0.769. The van der Waals surface area contributed by atoms with Crippen molar-refractivity contribution in [2.45, 2.75) is 13.8 Å². The third-order valence-corrected chi connectivity index (χ3v) is 3.59. The average molecular weight is 289 g/mol. The Bertz CT molecular complexity index is 520. The fraction of sp³-hybridized carbons (Fsp3) is 0.294. The fourth-order valence-corrected chi connectivity index (χ4v) is 2.25. The standard InChI is InChI=1S/C17H21ClN2/c1-3-20(17-10-4-14(2)5-11-17)13-12-19-16-8-6-15(18)7-9-16/h4-11,19H,3,12-13H2,1-2H3. The summed E-state index contributed by atoms with van der Waals surface area (Å²) in [6.07, 6.45) is 0. The molecule has 0 saturated heterocycles. The van der Waals surface area contributed by atoms with Crippen molar-refractivity contribution in [1.29, 1.82) is 0 Å². The molecule has 2 rings (SSSR count). The van der Waals surface area contributed by atoms with E-state index < -0.39 is 0 Å². The van der Waals surface area contributed by atoms with Crippen molar-refractivity contribution in [2.75, 3.05) is 29.9 Å². The molecule has 0 aliphatic heterocycles. The minimum atomic E-state index is 0.769. The largest absolute Gasteiger partial charge is 0.383 e. The first-order valence-electron chi connectivity index (χ1n) is 7.00. The normalized spacial score (nSPS) is 10.3. The average Bonchev–Trinajstić information content (AvgIpc) is 2.47. The van der Waals surface area contributed by atoms with Gasteiger partial charge in [0.25, 0.3) is 0 Å². The Morgan fingerprint density at radius 3 is 2.25 bits per heavy atom. The number of benzene rings is 2. The first-order chi connectivity index (χ1) is 9.69. The van der Waals surface area contributed by atoms with Gasteiger partial charge in [-0.1, -0.05) is 29.3 Å². The second-order valence-corrected chi connectivity index (χ2v) is 5.29. The highest BCUT2D eigenvalue weighted by molar-refractivity contribution is 6.30. The van der Waals surface area contributed by atoms with E-state index in [2.05, 4.69) is 48.3 Å². The van der Waals surface area contributed by atoms with Crippen LogP contribution in [0.5, 0.6) is 0 Å². The van der Waals surface area contributed by atoms with Gasteiger partial charge < -0.3 is 10.2 Å². The summed E-state index contributed by atoms with van der Waals surface area (Å²) in [6.45, 7) is 7.18. The van der Waals surface area contributed by atoms with Gasteiger partial charge in [-0.05, 0) is 50.2 Å². The SMILES string of the molecule is CCN(CCNc1ccc(Cl)cc1)c1ccc(C)cc1. The molecular formula is C17H21ClN2. The molecule has 0 atom stereocenters. The maximum atomic E-state index is 5.88. The Hall–Kier alpha value is -1.67. The van der Waals surface area contributed by atoms with Crippen LogP contribution in [0.25, 0.3) is 0 Å². The number of aryl methyl sites for hydroxylation is 1. The van der Waals surface area contributed by atoms with E-state index in [1.165, 1.54) is 11.3 Å². The zero-order valence-corrected chi connectivity index (χ0v) is 12.8. The summed E-state index contributed by atoms with van der Waals surface area (Å²) in [6, 6.07) is 16.5. The van der Waals surface area contributed by atoms with Crippen LogP contribution in [0, 0.1) is 6.92 Å². The zero-order chi connectivity index (χ0) is 14.4. The van der Waals surface area contributed by atoms with E-state index in [0.717, 1.165) is 30.3 Å². The summed E-state index contributed by atoms with van der Waals surface area (Å²) in [5.41, 5.74) is 3.68. The molecule has 2 aromatic rings. The van der Waals surface area contributed by atoms with Gasteiger partial charge >= 0.3 is 0 Å². The van der Waals surface area contributed by atoms with Gasteiger partial charge in [-0.3, -0.25) is 0 Å². The Balaban J connectivity index is 1.87.